The van der Waals surface area contributed by atoms with Crippen molar-refractivity contribution >= 4 is 22.6 Å². The highest BCUT2D eigenvalue weighted by atomic mass is 32.2. The number of amides is 2. The minimum atomic E-state index is -0.885. The van der Waals surface area contributed by atoms with Gasteiger partial charge in [-0.3, -0.25) is 13.8 Å². The van der Waals surface area contributed by atoms with Crippen molar-refractivity contribution in [2.75, 3.05) is 19.3 Å². The van der Waals surface area contributed by atoms with Crippen molar-refractivity contribution in [1.82, 2.24) is 10.2 Å². The quantitative estimate of drug-likeness (QED) is 0.756. The first-order valence-corrected chi connectivity index (χ1v) is 7.98. The lowest BCUT2D eigenvalue weighted by Crippen LogP contribution is -2.58. The van der Waals surface area contributed by atoms with Crippen molar-refractivity contribution in [2.45, 2.75) is 44.4 Å². The van der Waals surface area contributed by atoms with Crippen molar-refractivity contribution in [2.24, 2.45) is 0 Å². The van der Waals surface area contributed by atoms with Gasteiger partial charge in [-0.2, -0.15) is 0 Å². The molecule has 3 atom stereocenters. The van der Waals surface area contributed by atoms with E-state index in [9.17, 15) is 13.8 Å². The number of nitrogens with zero attached hydrogens (tertiary/aromatic N) is 1. The molecule has 5 nitrogen and oxygen atoms in total. The molecule has 0 radical (unpaired) electrons. The lowest BCUT2D eigenvalue weighted by Gasteiger charge is -2.32. The summed E-state index contributed by atoms with van der Waals surface area (Å²) in [7, 11) is -0.885. The van der Waals surface area contributed by atoms with Crippen molar-refractivity contribution in [3.05, 3.63) is 0 Å². The number of hydrogen-bond donors (Lipinski definition) is 1. The number of carbonyl (C=O) groups is 2. The molecule has 0 saturated carbocycles. The summed E-state index contributed by atoms with van der Waals surface area (Å²) >= 11 is 0. The molecule has 0 spiro atoms. The molecule has 0 aromatic heterocycles. The normalized spacial score (nSPS) is 23.7. The SMILES string of the molecule is CCCC1NC(=O)CN(CCC(C)S(C)=O)C1=O. The highest BCUT2D eigenvalue weighted by Crippen LogP contribution is 2.10. The van der Waals surface area contributed by atoms with Crippen molar-refractivity contribution in [3.63, 3.8) is 0 Å². The van der Waals surface area contributed by atoms with E-state index < -0.39 is 10.8 Å². The highest BCUT2D eigenvalue weighted by Gasteiger charge is 2.31. The molecule has 2 amide bonds. The zero-order valence-electron chi connectivity index (χ0n) is 11.3. The Hall–Kier alpha value is -0.910. The van der Waals surface area contributed by atoms with E-state index in [-0.39, 0.29) is 29.7 Å². The fourth-order valence-electron chi connectivity index (χ4n) is 1.95. The van der Waals surface area contributed by atoms with Gasteiger partial charge in [0.25, 0.3) is 0 Å². The van der Waals surface area contributed by atoms with Gasteiger partial charge in [-0.25, -0.2) is 0 Å². The van der Waals surface area contributed by atoms with Crippen LogP contribution >= 0.6 is 0 Å². The topological polar surface area (TPSA) is 66.5 Å². The molecule has 0 bridgehead atoms. The van der Waals surface area contributed by atoms with E-state index >= 15 is 0 Å². The zero-order valence-corrected chi connectivity index (χ0v) is 12.1. The molecule has 1 rings (SSSR count). The van der Waals surface area contributed by atoms with Crippen LogP contribution in [0, 0.1) is 0 Å². The molecule has 6 heteroatoms. The van der Waals surface area contributed by atoms with E-state index in [1.807, 2.05) is 13.8 Å². The van der Waals surface area contributed by atoms with Gasteiger partial charge in [0.05, 0.1) is 6.54 Å². The molecule has 3 unspecified atom stereocenters. The van der Waals surface area contributed by atoms with Crippen LogP contribution in [0.4, 0.5) is 0 Å². The third-order valence-corrected chi connectivity index (χ3v) is 4.60. The molecular formula is C12H22N2O3S. The smallest absolute Gasteiger partial charge is 0.245 e. The Morgan fingerprint density at radius 3 is 2.72 bits per heavy atom. The average Bonchev–Trinajstić information content (AvgIpc) is 2.31. The number of piperazine rings is 1. The molecule has 1 N–H and O–H groups in total. The van der Waals surface area contributed by atoms with E-state index in [2.05, 4.69) is 5.32 Å². The number of carbonyl (C=O) groups excluding carboxylic acids is 2. The fraction of sp³-hybridized carbons (Fsp3) is 0.833. The van der Waals surface area contributed by atoms with Gasteiger partial charge in [-0.1, -0.05) is 20.3 Å². The lowest BCUT2D eigenvalue weighted by molar-refractivity contribution is -0.144. The fourth-order valence-corrected chi connectivity index (χ4v) is 2.39. The van der Waals surface area contributed by atoms with Gasteiger partial charge < -0.3 is 10.2 Å². The van der Waals surface area contributed by atoms with E-state index in [0.29, 0.717) is 19.4 Å². The maximum atomic E-state index is 12.1. The summed E-state index contributed by atoms with van der Waals surface area (Å²) in [5, 5.41) is 2.77. The number of rotatable bonds is 6. The van der Waals surface area contributed by atoms with Crippen LogP contribution in [0.15, 0.2) is 0 Å². The summed E-state index contributed by atoms with van der Waals surface area (Å²) in [4.78, 5) is 25.2. The van der Waals surface area contributed by atoms with Crippen LogP contribution in [0.5, 0.6) is 0 Å². The second-order valence-electron chi connectivity index (χ2n) is 4.77. The second-order valence-corrected chi connectivity index (χ2v) is 6.57. The first kappa shape index (κ1) is 15.1. The maximum Gasteiger partial charge on any atom is 0.245 e. The summed E-state index contributed by atoms with van der Waals surface area (Å²) in [5.41, 5.74) is 0. The van der Waals surface area contributed by atoms with Gasteiger partial charge in [0.1, 0.15) is 6.04 Å². The standard InChI is InChI=1S/C12H22N2O3S/c1-4-5-10-12(16)14(8-11(15)13-10)7-6-9(2)18(3)17/h9-10H,4-8H2,1-3H3,(H,13,15). The molecule has 1 fully saturated rings. The Morgan fingerprint density at radius 2 is 2.17 bits per heavy atom. The zero-order chi connectivity index (χ0) is 13.7. The maximum absolute atomic E-state index is 12.1. The minimum Gasteiger partial charge on any atom is -0.343 e. The molecule has 104 valence electrons. The molecule has 1 saturated heterocycles. The summed E-state index contributed by atoms with van der Waals surface area (Å²) < 4.78 is 11.3. The Bertz CT molecular complexity index is 346. The van der Waals surface area contributed by atoms with Crippen molar-refractivity contribution in [1.29, 1.82) is 0 Å². The molecule has 1 aliphatic heterocycles. The summed E-state index contributed by atoms with van der Waals surface area (Å²) in [6.45, 7) is 4.52. The van der Waals surface area contributed by atoms with E-state index in [0.717, 1.165) is 6.42 Å². The first-order valence-electron chi connectivity index (χ1n) is 6.36. The lowest BCUT2D eigenvalue weighted by atomic mass is 10.1. The second kappa shape index (κ2) is 6.87. The first-order chi connectivity index (χ1) is 8.45. The van der Waals surface area contributed by atoms with Crippen LogP contribution in [0.3, 0.4) is 0 Å². The van der Waals surface area contributed by atoms with Crippen molar-refractivity contribution < 1.29 is 13.8 Å². The summed E-state index contributed by atoms with van der Waals surface area (Å²) in [6, 6.07) is -0.376. The van der Waals surface area contributed by atoms with Gasteiger partial charge >= 0.3 is 0 Å². The molecule has 1 aliphatic rings. The monoisotopic (exact) mass is 274 g/mol. The van der Waals surface area contributed by atoms with Crippen LogP contribution in [-0.2, 0) is 20.4 Å². The molecule has 18 heavy (non-hydrogen) atoms. The average molecular weight is 274 g/mol. The van der Waals surface area contributed by atoms with E-state index in [4.69, 9.17) is 0 Å². The Balaban J connectivity index is 2.55. The summed E-state index contributed by atoms with van der Waals surface area (Å²) in [6.07, 6.45) is 3.87. The molecular weight excluding hydrogens is 252 g/mol. The van der Waals surface area contributed by atoms with Gasteiger partial charge in [-0.15, -0.1) is 0 Å². The molecule has 1 heterocycles. The highest BCUT2D eigenvalue weighted by molar-refractivity contribution is 7.84. The van der Waals surface area contributed by atoms with Gasteiger partial charge in [-0.05, 0) is 12.8 Å². The Kier molecular flexibility index (Phi) is 5.78. The van der Waals surface area contributed by atoms with Crippen LogP contribution in [-0.4, -0.2) is 51.6 Å². The van der Waals surface area contributed by atoms with Gasteiger partial charge in [0.15, 0.2) is 0 Å². The van der Waals surface area contributed by atoms with Crippen LogP contribution in [0.1, 0.15) is 33.1 Å². The van der Waals surface area contributed by atoms with Gasteiger partial charge in [0, 0.05) is 28.9 Å². The summed E-state index contributed by atoms with van der Waals surface area (Å²) in [5.74, 6) is -0.108. The Morgan fingerprint density at radius 1 is 1.50 bits per heavy atom. The minimum absolute atomic E-state index is 0.00876. The van der Waals surface area contributed by atoms with Crippen LogP contribution < -0.4 is 5.32 Å². The third kappa shape index (κ3) is 4.08. The third-order valence-electron chi connectivity index (χ3n) is 3.23. The predicted octanol–water partition coefficient (Wildman–Crippen LogP) is 0.271. The molecule has 0 aromatic carbocycles. The number of nitrogens with one attached hydrogen (secondary N) is 1. The predicted molar refractivity (Wildman–Crippen MR) is 71.6 cm³/mol. The van der Waals surface area contributed by atoms with Crippen LogP contribution in [0.25, 0.3) is 0 Å². The molecule has 0 aliphatic carbocycles. The molecule has 0 aromatic rings. The van der Waals surface area contributed by atoms with Gasteiger partial charge in [0.2, 0.25) is 11.8 Å². The largest absolute Gasteiger partial charge is 0.343 e. The van der Waals surface area contributed by atoms with E-state index in [1.165, 1.54) is 0 Å². The van der Waals surface area contributed by atoms with E-state index in [1.54, 1.807) is 11.2 Å². The van der Waals surface area contributed by atoms with Crippen LogP contribution in [0.2, 0.25) is 0 Å². The van der Waals surface area contributed by atoms with Crippen molar-refractivity contribution in [3.8, 4) is 0 Å². The Labute approximate surface area is 111 Å². The number of hydrogen-bond acceptors (Lipinski definition) is 3.